The average molecular weight is 338 g/mol. The Morgan fingerprint density at radius 3 is 1.50 bits per heavy atom. The van der Waals surface area contributed by atoms with Gasteiger partial charge in [0.2, 0.25) is 0 Å². The first-order valence-corrected chi connectivity index (χ1v) is 4.45. The van der Waals surface area contributed by atoms with Crippen LogP contribution in [0.4, 0.5) is 0 Å². The summed E-state index contributed by atoms with van der Waals surface area (Å²) in [6.07, 6.45) is 3.68. The van der Waals surface area contributed by atoms with Gasteiger partial charge in [-0.3, -0.25) is 0 Å². The van der Waals surface area contributed by atoms with Crippen LogP contribution in [0, 0.1) is 39.9 Å². The summed E-state index contributed by atoms with van der Waals surface area (Å²) in [5.74, 6) is 0. The van der Waals surface area contributed by atoms with Gasteiger partial charge in [-0.15, -0.1) is 0 Å². The maximum absolute atomic E-state index is 7.50. The largest absolute Gasteiger partial charge is 0 e. The molecule has 0 aromatic heterocycles. The van der Waals surface area contributed by atoms with Crippen molar-refractivity contribution in [1.82, 2.24) is 0 Å². The second kappa shape index (κ2) is 61.2. The van der Waals surface area contributed by atoms with Crippen molar-refractivity contribution in [3.63, 3.8) is 0 Å². The molecule has 0 amide bonds. The standard InChI is InChI=1S/C10H10O.5CO.Cr/c1-11-9-5-8-10-6-3-2-4-7-10;5*1-2;/h2-8H,1H3;;;;;;/b8-5+;;;;;;. The van der Waals surface area contributed by atoms with E-state index in [4.69, 9.17) is 23.3 Å². The molecule has 0 unspecified atom stereocenters. The third-order valence-electron chi connectivity index (χ3n) is 1.26. The molecular weight excluding hydrogens is 328 g/mol. The second-order valence-electron chi connectivity index (χ2n) is 2.07. The molecule has 1 rings (SSSR count). The maximum Gasteiger partial charge on any atom is 0 e. The van der Waals surface area contributed by atoms with Gasteiger partial charge in [0.05, 0.1) is 0 Å². The molecule has 0 aliphatic carbocycles. The predicted octanol–water partition coefficient (Wildman–Crippen LogP) is 2.19. The van der Waals surface area contributed by atoms with E-state index in [1.807, 2.05) is 36.4 Å². The van der Waals surface area contributed by atoms with E-state index in [-0.39, 0.29) is 17.4 Å². The van der Waals surface area contributed by atoms with E-state index >= 15 is 0 Å². The van der Waals surface area contributed by atoms with E-state index in [2.05, 4.69) is 44.6 Å². The Hall–Kier alpha value is -1.85. The smallest absolute Gasteiger partial charge is 0 e. The fourth-order valence-electron chi connectivity index (χ4n) is 0.762. The Labute approximate surface area is 140 Å². The molecule has 0 bridgehead atoms. The van der Waals surface area contributed by atoms with Gasteiger partial charge in [0, 0.05) is 24.5 Å². The summed E-state index contributed by atoms with van der Waals surface area (Å²) < 4.78 is 42.1. The van der Waals surface area contributed by atoms with Crippen LogP contribution in [-0.2, 0) is 45.4 Å². The summed E-state index contributed by atoms with van der Waals surface area (Å²) in [5, 5.41) is 0. The molecule has 1 aromatic rings. The van der Waals surface area contributed by atoms with Crippen LogP contribution in [0.1, 0.15) is 5.56 Å². The Kier molecular flexibility index (Phi) is 103. The number of ether oxygens (including phenoxy) is 1. The van der Waals surface area contributed by atoms with Crippen LogP contribution in [0.3, 0.4) is 0 Å². The molecule has 0 heterocycles. The van der Waals surface area contributed by atoms with Crippen molar-refractivity contribution >= 4 is 6.08 Å². The van der Waals surface area contributed by atoms with Crippen LogP contribution in [-0.4, -0.2) is 7.11 Å². The van der Waals surface area contributed by atoms with Crippen molar-refractivity contribution in [2.45, 2.75) is 0 Å². The molecule has 2 radical (unpaired) electrons. The van der Waals surface area contributed by atoms with Crippen molar-refractivity contribution in [3.05, 3.63) is 81.8 Å². The van der Waals surface area contributed by atoms with Crippen molar-refractivity contribution in [3.8, 4) is 0 Å². The van der Waals surface area contributed by atoms with Crippen LogP contribution < -0.4 is 0 Å². The first-order valence-electron chi connectivity index (χ1n) is 4.45. The van der Waals surface area contributed by atoms with Crippen molar-refractivity contribution in [1.29, 1.82) is 0 Å². The zero-order chi connectivity index (χ0) is 17.9. The monoisotopic (exact) mass is 338 g/mol. The second-order valence-corrected chi connectivity index (χ2v) is 2.07. The van der Waals surface area contributed by atoms with Gasteiger partial charge in [-0.2, -0.15) is 0 Å². The average Bonchev–Trinajstić information content (AvgIpc) is 2.65. The van der Waals surface area contributed by atoms with Crippen molar-refractivity contribution in [2.24, 2.45) is 0 Å². The normalized spacial score (nSPS) is 5.77. The summed E-state index contributed by atoms with van der Waals surface area (Å²) in [7, 11) is 1.58. The minimum absolute atomic E-state index is 0. The molecule has 7 heteroatoms. The molecule has 0 saturated carbocycles. The number of methoxy groups -OCH3 is 1. The van der Waals surface area contributed by atoms with E-state index < -0.39 is 0 Å². The van der Waals surface area contributed by atoms with Crippen molar-refractivity contribution in [2.75, 3.05) is 7.11 Å². The van der Waals surface area contributed by atoms with Crippen LogP contribution in [0.25, 0.3) is 6.08 Å². The van der Waals surface area contributed by atoms with Gasteiger partial charge in [0.1, 0.15) is 0 Å². The third kappa shape index (κ3) is 42.9. The van der Waals surface area contributed by atoms with Crippen molar-refractivity contribution < 1.29 is 45.4 Å². The van der Waals surface area contributed by atoms with Crippen LogP contribution in [0.15, 0.2) is 36.4 Å². The number of hydrogen-bond acceptors (Lipinski definition) is 1. The maximum atomic E-state index is 7.50. The minimum Gasteiger partial charge on any atom is 0 e. The molecule has 0 atom stereocenters. The molecule has 0 aliphatic rings. The molecular formula is C15H10CrO6. The van der Waals surface area contributed by atoms with Crippen LogP contribution >= 0.6 is 0 Å². The van der Waals surface area contributed by atoms with E-state index in [0.29, 0.717) is 0 Å². The van der Waals surface area contributed by atoms with Gasteiger partial charge in [0.25, 0.3) is 0 Å². The number of benzene rings is 1. The van der Waals surface area contributed by atoms with Gasteiger partial charge in [0.15, 0.2) is 6.61 Å². The molecule has 0 fully saturated rings. The molecule has 1 aromatic carbocycles. The molecule has 0 aliphatic heterocycles. The minimum atomic E-state index is 0. The Morgan fingerprint density at radius 2 is 1.18 bits per heavy atom. The first-order chi connectivity index (χ1) is 10.4. The topological polar surface area (TPSA) is 109 Å². The van der Waals surface area contributed by atoms with Crippen LogP contribution in [0.5, 0.6) is 0 Å². The summed E-state index contributed by atoms with van der Waals surface area (Å²) in [4.78, 5) is 0. The zero-order valence-corrected chi connectivity index (χ0v) is 12.7. The Bertz CT molecular complexity index is 369. The molecule has 0 spiro atoms. The van der Waals surface area contributed by atoms with E-state index in [1.54, 1.807) is 13.2 Å². The van der Waals surface area contributed by atoms with Gasteiger partial charge >= 0.3 is 56.5 Å². The fraction of sp³-hybridized carbons (Fsp3) is 0.0667. The SMILES string of the molecule is CO[C]/C=C/c1ccccc1.[C-]#[O+].[C-]#[O+].[C-]#[O+].[C-]#[O+].[C-]#[O+].[Cr]. The summed E-state index contributed by atoms with van der Waals surface area (Å²) in [6.45, 7) is 25.1. The summed E-state index contributed by atoms with van der Waals surface area (Å²) in [5.41, 5.74) is 1.15. The molecule has 0 saturated heterocycles. The van der Waals surface area contributed by atoms with Gasteiger partial charge in [-0.1, -0.05) is 36.4 Å². The number of rotatable bonds is 3. The summed E-state index contributed by atoms with van der Waals surface area (Å²) in [6, 6.07) is 10.0. The van der Waals surface area contributed by atoms with Gasteiger partial charge in [-0.25, -0.2) is 0 Å². The van der Waals surface area contributed by atoms with Gasteiger partial charge < -0.3 is 4.74 Å². The van der Waals surface area contributed by atoms with E-state index in [1.165, 1.54) is 0 Å². The first kappa shape index (κ1) is 36.9. The molecule has 6 nitrogen and oxygen atoms in total. The quantitative estimate of drug-likeness (QED) is 0.611. The Morgan fingerprint density at radius 1 is 0.818 bits per heavy atom. The Balaban J connectivity index is -0.0000000500. The van der Waals surface area contributed by atoms with Crippen LogP contribution in [0.2, 0.25) is 0 Å². The molecule has 22 heavy (non-hydrogen) atoms. The predicted molar refractivity (Wildman–Crippen MR) is 65.4 cm³/mol. The molecule has 0 N–H and O–H groups in total. The third-order valence-corrected chi connectivity index (χ3v) is 1.26. The summed E-state index contributed by atoms with van der Waals surface area (Å²) >= 11 is 0. The van der Waals surface area contributed by atoms with E-state index in [0.717, 1.165) is 5.56 Å². The fourth-order valence-corrected chi connectivity index (χ4v) is 0.762. The number of hydrogen-bond donors (Lipinski definition) is 0. The molecule has 112 valence electrons. The van der Waals surface area contributed by atoms with E-state index in [9.17, 15) is 0 Å². The van der Waals surface area contributed by atoms with Gasteiger partial charge in [-0.05, 0) is 11.6 Å². The zero-order valence-electron chi connectivity index (χ0n) is 11.4.